The average molecular weight is 202 g/mol. The zero-order chi connectivity index (χ0) is 10.7. The highest BCUT2D eigenvalue weighted by atomic mass is 15.0. The molecule has 2 heteroatoms. The number of rotatable bonds is 4. The van der Waals surface area contributed by atoms with Crippen LogP contribution in [0.3, 0.4) is 0 Å². The van der Waals surface area contributed by atoms with Crippen LogP contribution in [0.4, 0.5) is 0 Å². The second kappa shape index (κ2) is 4.49. The first kappa shape index (κ1) is 10.2. The summed E-state index contributed by atoms with van der Waals surface area (Å²) in [6, 6.07) is 8.79. The van der Waals surface area contributed by atoms with Crippen LogP contribution in [0.2, 0.25) is 0 Å². The van der Waals surface area contributed by atoms with Crippen LogP contribution in [0.5, 0.6) is 0 Å². The molecule has 1 heterocycles. The highest BCUT2D eigenvalue weighted by Gasteiger charge is 1.99. The zero-order valence-electron chi connectivity index (χ0n) is 9.46. The molecule has 0 unspecified atom stereocenters. The van der Waals surface area contributed by atoms with E-state index in [1.165, 1.54) is 16.5 Å². The van der Waals surface area contributed by atoms with Crippen LogP contribution in [0.1, 0.15) is 12.5 Å². The molecule has 80 valence electrons. The van der Waals surface area contributed by atoms with Gasteiger partial charge in [0.25, 0.3) is 0 Å². The highest BCUT2D eigenvalue weighted by Crippen LogP contribution is 2.16. The first-order valence-electron chi connectivity index (χ1n) is 5.57. The van der Waals surface area contributed by atoms with E-state index in [9.17, 15) is 0 Å². The maximum absolute atomic E-state index is 3.35. The van der Waals surface area contributed by atoms with Crippen molar-refractivity contribution in [2.75, 3.05) is 13.1 Å². The molecular formula is C13H18N2. The lowest BCUT2D eigenvalue weighted by Crippen LogP contribution is -2.18. The van der Waals surface area contributed by atoms with Gasteiger partial charge in [-0.05, 0) is 36.6 Å². The van der Waals surface area contributed by atoms with Crippen molar-refractivity contribution in [1.82, 2.24) is 9.88 Å². The summed E-state index contributed by atoms with van der Waals surface area (Å²) in [6.45, 7) is 7.40. The van der Waals surface area contributed by atoms with Gasteiger partial charge in [0, 0.05) is 24.8 Å². The largest absolute Gasteiger partial charge is 0.346 e. The van der Waals surface area contributed by atoms with Crippen molar-refractivity contribution in [1.29, 1.82) is 0 Å². The van der Waals surface area contributed by atoms with Crippen LogP contribution < -0.4 is 5.32 Å². The molecular weight excluding hydrogens is 184 g/mol. The third kappa shape index (κ3) is 2.21. The predicted molar refractivity (Wildman–Crippen MR) is 65.2 cm³/mol. The number of aromatic nitrogens is 1. The Hall–Kier alpha value is -1.28. The number of nitrogens with one attached hydrogen (secondary N) is 1. The molecule has 15 heavy (non-hydrogen) atoms. The Balaban J connectivity index is 2.23. The van der Waals surface area contributed by atoms with Crippen molar-refractivity contribution in [2.24, 2.45) is 0 Å². The number of hydrogen-bond acceptors (Lipinski definition) is 1. The van der Waals surface area contributed by atoms with E-state index in [-0.39, 0.29) is 0 Å². The molecule has 2 rings (SSSR count). The lowest BCUT2D eigenvalue weighted by molar-refractivity contribution is 0.627. The standard InChI is InChI=1S/C13H18N2/c1-3-14-7-9-15-8-6-12-5-4-11(2)10-13(12)15/h4-6,8,10,14H,3,7,9H2,1-2H3. The Kier molecular flexibility index (Phi) is 3.07. The van der Waals surface area contributed by atoms with Crippen LogP contribution in [0.15, 0.2) is 30.5 Å². The van der Waals surface area contributed by atoms with Crippen LogP contribution in [-0.4, -0.2) is 17.7 Å². The van der Waals surface area contributed by atoms with Gasteiger partial charge in [0.1, 0.15) is 0 Å². The molecule has 2 aromatic rings. The molecule has 1 aromatic heterocycles. The Labute approximate surface area is 90.9 Å². The Morgan fingerprint density at radius 1 is 1.27 bits per heavy atom. The number of nitrogens with zero attached hydrogens (tertiary/aromatic N) is 1. The van der Waals surface area contributed by atoms with E-state index in [0.29, 0.717) is 0 Å². The quantitative estimate of drug-likeness (QED) is 0.754. The summed E-state index contributed by atoms with van der Waals surface area (Å²) in [5.41, 5.74) is 2.67. The van der Waals surface area contributed by atoms with E-state index in [1.54, 1.807) is 0 Å². The third-order valence-corrected chi connectivity index (χ3v) is 2.71. The molecule has 0 fully saturated rings. The molecule has 0 saturated carbocycles. The van der Waals surface area contributed by atoms with Crippen LogP contribution in [0, 0.1) is 6.92 Å². The SMILES string of the molecule is CCNCCn1ccc2ccc(C)cc21. The highest BCUT2D eigenvalue weighted by molar-refractivity contribution is 5.80. The lowest BCUT2D eigenvalue weighted by atomic mass is 10.2. The molecule has 1 aromatic carbocycles. The summed E-state index contributed by atoms with van der Waals surface area (Å²) in [5.74, 6) is 0. The van der Waals surface area contributed by atoms with Gasteiger partial charge in [-0.3, -0.25) is 0 Å². The maximum Gasteiger partial charge on any atom is 0.0483 e. The van der Waals surface area contributed by atoms with E-state index in [4.69, 9.17) is 0 Å². The lowest BCUT2D eigenvalue weighted by Gasteiger charge is -2.06. The number of fused-ring (bicyclic) bond motifs is 1. The van der Waals surface area contributed by atoms with Crippen LogP contribution in [0.25, 0.3) is 10.9 Å². The summed E-state index contributed by atoms with van der Waals surface area (Å²) in [5, 5.41) is 4.68. The van der Waals surface area contributed by atoms with Gasteiger partial charge in [0.15, 0.2) is 0 Å². The first-order chi connectivity index (χ1) is 7.31. The Morgan fingerprint density at radius 3 is 2.93 bits per heavy atom. The molecule has 0 radical (unpaired) electrons. The molecule has 0 aliphatic carbocycles. The fraction of sp³-hybridized carbons (Fsp3) is 0.385. The molecule has 0 bridgehead atoms. The minimum atomic E-state index is 1.04. The zero-order valence-corrected chi connectivity index (χ0v) is 9.46. The minimum Gasteiger partial charge on any atom is -0.346 e. The second-order valence-electron chi connectivity index (χ2n) is 3.92. The van der Waals surface area contributed by atoms with Crippen molar-refractivity contribution in [3.63, 3.8) is 0 Å². The summed E-state index contributed by atoms with van der Waals surface area (Å²) < 4.78 is 2.31. The van der Waals surface area contributed by atoms with Gasteiger partial charge in [-0.15, -0.1) is 0 Å². The fourth-order valence-electron chi connectivity index (χ4n) is 1.87. The van der Waals surface area contributed by atoms with Crippen molar-refractivity contribution in [3.8, 4) is 0 Å². The summed E-state index contributed by atoms with van der Waals surface area (Å²) in [4.78, 5) is 0. The maximum atomic E-state index is 3.35. The summed E-state index contributed by atoms with van der Waals surface area (Å²) in [7, 11) is 0. The minimum absolute atomic E-state index is 1.04. The summed E-state index contributed by atoms with van der Waals surface area (Å²) in [6.07, 6.45) is 2.17. The summed E-state index contributed by atoms with van der Waals surface area (Å²) >= 11 is 0. The number of benzene rings is 1. The first-order valence-corrected chi connectivity index (χ1v) is 5.57. The molecule has 2 nitrogen and oxygen atoms in total. The Bertz CT molecular complexity index is 443. The number of aryl methyl sites for hydroxylation is 1. The van der Waals surface area contributed by atoms with Crippen molar-refractivity contribution in [3.05, 3.63) is 36.0 Å². The monoisotopic (exact) mass is 202 g/mol. The van der Waals surface area contributed by atoms with E-state index in [2.05, 4.69) is 54.2 Å². The van der Waals surface area contributed by atoms with Gasteiger partial charge >= 0.3 is 0 Å². The molecule has 1 N–H and O–H groups in total. The van der Waals surface area contributed by atoms with E-state index in [1.807, 2.05) is 0 Å². The average Bonchev–Trinajstić information content (AvgIpc) is 2.62. The van der Waals surface area contributed by atoms with Gasteiger partial charge in [-0.2, -0.15) is 0 Å². The fourth-order valence-corrected chi connectivity index (χ4v) is 1.87. The van der Waals surface area contributed by atoms with E-state index >= 15 is 0 Å². The van der Waals surface area contributed by atoms with Crippen LogP contribution >= 0.6 is 0 Å². The van der Waals surface area contributed by atoms with Gasteiger partial charge in [-0.1, -0.05) is 19.1 Å². The smallest absolute Gasteiger partial charge is 0.0483 e. The van der Waals surface area contributed by atoms with Gasteiger partial charge in [0.2, 0.25) is 0 Å². The molecule has 0 amide bonds. The second-order valence-corrected chi connectivity index (χ2v) is 3.92. The van der Waals surface area contributed by atoms with E-state index in [0.717, 1.165) is 19.6 Å². The number of hydrogen-bond donors (Lipinski definition) is 1. The Morgan fingerprint density at radius 2 is 2.13 bits per heavy atom. The van der Waals surface area contributed by atoms with Gasteiger partial charge in [-0.25, -0.2) is 0 Å². The topological polar surface area (TPSA) is 17.0 Å². The predicted octanol–water partition coefficient (Wildman–Crippen LogP) is 2.56. The van der Waals surface area contributed by atoms with Crippen LogP contribution in [-0.2, 0) is 6.54 Å². The molecule has 0 aliphatic rings. The molecule has 0 saturated heterocycles. The normalized spacial score (nSPS) is 11.1. The van der Waals surface area contributed by atoms with Crippen molar-refractivity contribution < 1.29 is 0 Å². The molecule has 0 atom stereocenters. The number of likely N-dealkylation sites (N-methyl/N-ethyl adjacent to an activating group) is 1. The van der Waals surface area contributed by atoms with Gasteiger partial charge < -0.3 is 9.88 Å². The van der Waals surface area contributed by atoms with Crippen molar-refractivity contribution in [2.45, 2.75) is 20.4 Å². The van der Waals surface area contributed by atoms with Gasteiger partial charge in [0.05, 0.1) is 0 Å². The molecule has 0 spiro atoms. The third-order valence-electron chi connectivity index (χ3n) is 2.71. The van der Waals surface area contributed by atoms with Crippen molar-refractivity contribution >= 4 is 10.9 Å². The van der Waals surface area contributed by atoms with E-state index < -0.39 is 0 Å². The molecule has 0 aliphatic heterocycles.